The smallest absolute Gasteiger partial charge is 0.191 e. The number of rotatable bonds is 10. The monoisotopic (exact) mass is 347 g/mol. The zero-order valence-corrected chi connectivity index (χ0v) is 15.9. The van der Waals surface area contributed by atoms with Crippen molar-refractivity contribution in [3.05, 3.63) is 30.3 Å². The molecule has 0 saturated heterocycles. The van der Waals surface area contributed by atoms with Gasteiger partial charge in [-0.25, -0.2) is 0 Å². The minimum atomic E-state index is 0.0670. The van der Waals surface area contributed by atoms with E-state index in [1.54, 1.807) is 7.11 Å². The Morgan fingerprint density at radius 2 is 2.00 bits per heavy atom. The quantitative estimate of drug-likeness (QED) is 0.504. The summed E-state index contributed by atoms with van der Waals surface area (Å²) >= 11 is 0. The van der Waals surface area contributed by atoms with E-state index in [1.807, 2.05) is 30.3 Å². The summed E-state index contributed by atoms with van der Waals surface area (Å²) in [6.45, 7) is 7.40. The molecule has 1 fully saturated rings. The maximum atomic E-state index is 5.91. The molecule has 1 aliphatic carbocycles. The largest absolute Gasteiger partial charge is 0.489 e. The number of guanidine groups is 1. The predicted octanol–water partition coefficient (Wildman–Crippen LogP) is 3.22. The Kier molecular flexibility index (Phi) is 8.06. The molecule has 5 heteroatoms. The minimum absolute atomic E-state index is 0.0670. The van der Waals surface area contributed by atoms with Crippen LogP contribution in [-0.2, 0) is 4.74 Å². The second kappa shape index (κ2) is 10.3. The van der Waals surface area contributed by atoms with E-state index in [9.17, 15) is 0 Å². The lowest BCUT2D eigenvalue weighted by Gasteiger charge is -2.40. The third kappa shape index (κ3) is 6.58. The summed E-state index contributed by atoms with van der Waals surface area (Å²) in [6, 6.07) is 9.92. The van der Waals surface area contributed by atoms with Crippen LogP contribution in [0.15, 0.2) is 35.3 Å². The summed E-state index contributed by atoms with van der Waals surface area (Å²) in [5.41, 5.74) is 0.338. The van der Waals surface area contributed by atoms with Gasteiger partial charge in [0.15, 0.2) is 5.96 Å². The highest BCUT2D eigenvalue weighted by molar-refractivity contribution is 5.79. The van der Waals surface area contributed by atoms with Crippen LogP contribution in [0.2, 0.25) is 0 Å². The molecule has 0 amide bonds. The molecule has 0 heterocycles. The minimum Gasteiger partial charge on any atom is -0.489 e. The second-order valence-electron chi connectivity index (χ2n) is 6.91. The number of aliphatic imine (C=N–C) groups is 1. The first-order chi connectivity index (χ1) is 12.2. The lowest BCUT2D eigenvalue weighted by Crippen LogP contribution is -2.43. The van der Waals surface area contributed by atoms with Crippen LogP contribution in [0.4, 0.5) is 0 Å². The van der Waals surface area contributed by atoms with Crippen LogP contribution in [0.1, 0.15) is 39.5 Å². The number of hydrogen-bond acceptors (Lipinski definition) is 3. The first-order valence-corrected chi connectivity index (χ1v) is 9.40. The summed E-state index contributed by atoms with van der Waals surface area (Å²) in [4.78, 5) is 4.82. The molecule has 1 saturated carbocycles. The Morgan fingerprint density at radius 3 is 2.60 bits per heavy atom. The van der Waals surface area contributed by atoms with Crippen molar-refractivity contribution in [1.29, 1.82) is 0 Å². The van der Waals surface area contributed by atoms with Gasteiger partial charge in [-0.2, -0.15) is 0 Å². The van der Waals surface area contributed by atoms with Crippen LogP contribution in [0.5, 0.6) is 5.75 Å². The van der Waals surface area contributed by atoms with Gasteiger partial charge in [0.1, 0.15) is 11.9 Å². The maximum Gasteiger partial charge on any atom is 0.191 e. The van der Waals surface area contributed by atoms with Crippen molar-refractivity contribution in [2.75, 3.05) is 33.4 Å². The van der Waals surface area contributed by atoms with Crippen LogP contribution in [0, 0.1) is 5.41 Å². The van der Waals surface area contributed by atoms with E-state index in [4.69, 9.17) is 14.5 Å². The molecule has 2 N–H and O–H groups in total. The number of nitrogens with one attached hydrogen (secondary N) is 2. The van der Waals surface area contributed by atoms with Crippen LogP contribution in [0.25, 0.3) is 0 Å². The van der Waals surface area contributed by atoms with Gasteiger partial charge in [-0.3, -0.25) is 4.99 Å². The van der Waals surface area contributed by atoms with Gasteiger partial charge in [-0.15, -0.1) is 0 Å². The normalized spacial score (nSPS) is 17.5. The zero-order valence-electron chi connectivity index (χ0n) is 15.9. The Balaban J connectivity index is 1.82. The molecular formula is C20H33N3O2. The third-order valence-electron chi connectivity index (χ3n) is 4.80. The Bertz CT molecular complexity index is 515. The molecule has 1 aromatic rings. The van der Waals surface area contributed by atoms with Gasteiger partial charge in [-0.05, 0) is 50.7 Å². The van der Waals surface area contributed by atoms with Crippen molar-refractivity contribution >= 4 is 5.96 Å². The number of hydrogen-bond donors (Lipinski definition) is 2. The van der Waals surface area contributed by atoms with Gasteiger partial charge >= 0.3 is 0 Å². The molecule has 1 aromatic carbocycles. The van der Waals surface area contributed by atoms with Gasteiger partial charge in [0, 0.05) is 26.8 Å². The van der Waals surface area contributed by atoms with Crippen LogP contribution >= 0.6 is 0 Å². The lowest BCUT2D eigenvalue weighted by molar-refractivity contribution is 0.0778. The van der Waals surface area contributed by atoms with E-state index >= 15 is 0 Å². The van der Waals surface area contributed by atoms with Crippen LogP contribution in [-0.4, -0.2) is 45.4 Å². The molecular weight excluding hydrogens is 314 g/mol. The number of methoxy groups -OCH3 is 1. The molecule has 1 unspecified atom stereocenters. The summed E-state index contributed by atoms with van der Waals surface area (Å²) in [5, 5.41) is 6.73. The number of ether oxygens (including phenoxy) is 2. The van der Waals surface area contributed by atoms with E-state index in [2.05, 4.69) is 24.5 Å². The number of para-hydroxylation sites is 1. The highest BCUT2D eigenvalue weighted by Crippen LogP contribution is 2.44. The molecule has 25 heavy (non-hydrogen) atoms. The van der Waals surface area contributed by atoms with E-state index < -0.39 is 0 Å². The summed E-state index contributed by atoms with van der Waals surface area (Å²) in [7, 11) is 1.77. The SMILES string of the molecule is CCNC(=NCC1(CCOC)CCC1)NCC(C)Oc1ccccc1. The first-order valence-electron chi connectivity index (χ1n) is 9.40. The van der Waals surface area contributed by atoms with Gasteiger partial charge < -0.3 is 20.1 Å². The fourth-order valence-electron chi connectivity index (χ4n) is 3.08. The Hall–Kier alpha value is -1.75. The summed E-state index contributed by atoms with van der Waals surface area (Å²) < 4.78 is 11.2. The number of benzene rings is 1. The van der Waals surface area contributed by atoms with Crippen molar-refractivity contribution in [3.63, 3.8) is 0 Å². The average molecular weight is 348 g/mol. The van der Waals surface area contributed by atoms with Crippen LogP contribution < -0.4 is 15.4 Å². The fraction of sp³-hybridized carbons (Fsp3) is 0.650. The van der Waals surface area contributed by atoms with Crippen molar-refractivity contribution < 1.29 is 9.47 Å². The van der Waals surface area contributed by atoms with E-state index in [1.165, 1.54) is 19.3 Å². The molecule has 0 bridgehead atoms. The van der Waals surface area contributed by atoms with Gasteiger partial charge in [0.05, 0.1) is 6.54 Å². The lowest BCUT2D eigenvalue weighted by atomic mass is 9.67. The van der Waals surface area contributed by atoms with Crippen molar-refractivity contribution in [1.82, 2.24) is 10.6 Å². The fourth-order valence-corrected chi connectivity index (χ4v) is 3.08. The molecule has 1 atom stereocenters. The van der Waals surface area contributed by atoms with E-state index in [-0.39, 0.29) is 6.10 Å². The van der Waals surface area contributed by atoms with Crippen LogP contribution in [0.3, 0.4) is 0 Å². The molecule has 5 nitrogen and oxygen atoms in total. The molecule has 140 valence electrons. The second-order valence-corrected chi connectivity index (χ2v) is 6.91. The van der Waals surface area contributed by atoms with Gasteiger partial charge in [0.25, 0.3) is 0 Å². The standard InChI is InChI=1S/C20H33N3O2/c1-4-21-19(23-16-20(11-8-12-20)13-14-24-3)22-15-17(2)25-18-9-6-5-7-10-18/h5-7,9-10,17H,4,8,11-16H2,1-3H3,(H2,21,22,23). The Labute approximate surface area is 152 Å². The van der Waals surface area contributed by atoms with Crippen molar-refractivity contribution in [2.24, 2.45) is 10.4 Å². The Morgan fingerprint density at radius 1 is 1.24 bits per heavy atom. The highest BCUT2D eigenvalue weighted by atomic mass is 16.5. The average Bonchev–Trinajstić information content (AvgIpc) is 2.59. The predicted molar refractivity (Wildman–Crippen MR) is 103 cm³/mol. The molecule has 0 radical (unpaired) electrons. The van der Waals surface area contributed by atoms with E-state index in [0.29, 0.717) is 12.0 Å². The molecule has 0 aliphatic heterocycles. The zero-order chi connectivity index (χ0) is 18.0. The van der Waals surface area contributed by atoms with Crippen molar-refractivity contribution in [2.45, 2.75) is 45.6 Å². The van der Waals surface area contributed by atoms with Gasteiger partial charge in [0.2, 0.25) is 0 Å². The molecule has 2 rings (SSSR count). The third-order valence-corrected chi connectivity index (χ3v) is 4.80. The molecule has 0 spiro atoms. The highest BCUT2D eigenvalue weighted by Gasteiger charge is 2.36. The first kappa shape index (κ1) is 19.6. The van der Waals surface area contributed by atoms with E-state index in [0.717, 1.165) is 37.8 Å². The number of nitrogens with zero attached hydrogens (tertiary/aromatic N) is 1. The maximum absolute atomic E-state index is 5.91. The summed E-state index contributed by atoms with van der Waals surface area (Å²) in [6.07, 6.45) is 4.99. The van der Waals surface area contributed by atoms with Crippen molar-refractivity contribution in [3.8, 4) is 5.75 Å². The van der Waals surface area contributed by atoms with Gasteiger partial charge in [-0.1, -0.05) is 24.6 Å². The molecule has 1 aliphatic rings. The topological polar surface area (TPSA) is 54.9 Å². The summed E-state index contributed by atoms with van der Waals surface area (Å²) in [5.74, 6) is 1.77. The molecule has 0 aromatic heterocycles.